The Balaban J connectivity index is 1.23. The number of carbonyl (C=O) groups is 3. The Morgan fingerprint density at radius 1 is 0.903 bits per heavy atom. The van der Waals surface area contributed by atoms with Crippen molar-refractivity contribution in [2.75, 3.05) is 19.6 Å². The number of piperidine rings is 1. The third-order valence-electron chi connectivity index (χ3n) is 6.07. The third kappa shape index (κ3) is 5.39. The first-order valence-electron chi connectivity index (χ1n) is 11.1. The van der Waals surface area contributed by atoms with Gasteiger partial charge in [-0.2, -0.15) is 0 Å². The molecule has 2 aromatic rings. The maximum absolute atomic E-state index is 12.6. The molecule has 2 heterocycles. The molecule has 2 aliphatic heterocycles. The molecule has 0 radical (unpaired) electrons. The second-order valence-corrected chi connectivity index (χ2v) is 8.36. The molecule has 4 rings (SSSR count). The van der Waals surface area contributed by atoms with Crippen LogP contribution in [-0.2, 0) is 29.1 Å². The highest BCUT2D eigenvalue weighted by atomic mass is 16.2. The van der Waals surface area contributed by atoms with Crippen molar-refractivity contribution < 1.29 is 14.4 Å². The Morgan fingerprint density at radius 2 is 1.61 bits per heavy atom. The van der Waals surface area contributed by atoms with Crippen LogP contribution in [-0.4, -0.2) is 47.2 Å². The van der Waals surface area contributed by atoms with Crippen molar-refractivity contribution in [2.24, 2.45) is 0 Å². The number of rotatable bonds is 7. The van der Waals surface area contributed by atoms with Gasteiger partial charge >= 0.3 is 0 Å². The fourth-order valence-electron chi connectivity index (χ4n) is 4.27. The van der Waals surface area contributed by atoms with Crippen molar-refractivity contribution in [2.45, 2.75) is 45.2 Å². The number of amides is 3. The molecule has 1 N–H and O–H groups in total. The lowest BCUT2D eigenvalue weighted by atomic mass is 9.98. The van der Waals surface area contributed by atoms with E-state index < -0.39 is 0 Å². The van der Waals surface area contributed by atoms with Crippen LogP contribution in [0.4, 0.5) is 0 Å². The molecular formula is C25H29N3O3. The van der Waals surface area contributed by atoms with Gasteiger partial charge in [0.05, 0.1) is 6.42 Å². The number of fused-ring (bicyclic) bond motifs is 1. The number of benzene rings is 2. The van der Waals surface area contributed by atoms with E-state index in [1.54, 1.807) is 18.2 Å². The van der Waals surface area contributed by atoms with Gasteiger partial charge in [-0.15, -0.1) is 0 Å². The molecule has 0 bridgehead atoms. The van der Waals surface area contributed by atoms with Gasteiger partial charge in [0, 0.05) is 31.6 Å². The fraction of sp³-hybridized carbons (Fsp3) is 0.400. The van der Waals surface area contributed by atoms with Gasteiger partial charge in [0.25, 0.3) is 5.91 Å². The summed E-state index contributed by atoms with van der Waals surface area (Å²) in [6.07, 6.45) is 4.21. The van der Waals surface area contributed by atoms with E-state index in [9.17, 15) is 14.4 Å². The zero-order chi connectivity index (χ0) is 21.6. The predicted molar refractivity (Wildman–Crippen MR) is 118 cm³/mol. The molecule has 6 nitrogen and oxygen atoms in total. The molecule has 0 aliphatic carbocycles. The van der Waals surface area contributed by atoms with E-state index in [1.807, 2.05) is 18.2 Å². The number of imide groups is 1. The summed E-state index contributed by atoms with van der Waals surface area (Å²) in [6, 6.07) is 15.5. The fourth-order valence-corrected chi connectivity index (χ4v) is 4.27. The Labute approximate surface area is 183 Å². The third-order valence-corrected chi connectivity index (χ3v) is 6.07. The quantitative estimate of drug-likeness (QED) is 0.701. The molecule has 1 fully saturated rings. The van der Waals surface area contributed by atoms with Crippen molar-refractivity contribution in [1.82, 2.24) is 15.1 Å². The minimum Gasteiger partial charge on any atom is -0.352 e. The van der Waals surface area contributed by atoms with Gasteiger partial charge in [0.2, 0.25) is 11.8 Å². The summed E-state index contributed by atoms with van der Waals surface area (Å²) in [5, 5.41) is 2.89. The summed E-state index contributed by atoms with van der Waals surface area (Å²) in [6.45, 7) is 3.87. The van der Waals surface area contributed by atoms with Gasteiger partial charge in [-0.05, 0) is 48.7 Å². The van der Waals surface area contributed by atoms with E-state index in [0.29, 0.717) is 12.1 Å². The molecule has 0 unspecified atom stereocenters. The topological polar surface area (TPSA) is 69.7 Å². The van der Waals surface area contributed by atoms with E-state index in [2.05, 4.69) is 22.3 Å². The Bertz CT molecular complexity index is 949. The summed E-state index contributed by atoms with van der Waals surface area (Å²) < 4.78 is 0. The zero-order valence-electron chi connectivity index (χ0n) is 17.8. The molecular weight excluding hydrogens is 390 g/mol. The van der Waals surface area contributed by atoms with Crippen LogP contribution in [0.2, 0.25) is 0 Å². The molecule has 1 saturated heterocycles. The summed E-state index contributed by atoms with van der Waals surface area (Å²) in [4.78, 5) is 40.8. The molecule has 0 aromatic heterocycles. The van der Waals surface area contributed by atoms with Gasteiger partial charge in [-0.1, -0.05) is 48.9 Å². The van der Waals surface area contributed by atoms with E-state index >= 15 is 0 Å². The van der Waals surface area contributed by atoms with Crippen LogP contribution in [0.1, 0.15) is 52.7 Å². The maximum Gasteiger partial charge on any atom is 0.260 e. The van der Waals surface area contributed by atoms with Crippen molar-refractivity contribution >= 4 is 17.7 Å². The normalized spacial score (nSPS) is 16.8. The molecule has 2 aromatic carbocycles. The van der Waals surface area contributed by atoms with Crippen molar-refractivity contribution in [3.05, 3.63) is 70.8 Å². The molecule has 2 aliphatic rings. The van der Waals surface area contributed by atoms with Gasteiger partial charge < -0.3 is 5.32 Å². The van der Waals surface area contributed by atoms with Crippen LogP contribution in [0.25, 0.3) is 0 Å². The van der Waals surface area contributed by atoms with Crippen molar-refractivity contribution in [3.8, 4) is 0 Å². The minimum atomic E-state index is -0.316. The van der Waals surface area contributed by atoms with Gasteiger partial charge in [0.1, 0.15) is 0 Å². The van der Waals surface area contributed by atoms with E-state index in [-0.39, 0.29) is 37.1 Å². The Kier molecular flexibility index (Phi) is 6.77. The Morgan fingerprint density at radius 3 is 2.39 bits per heavy atom. The van der Waals surface area contributed by atoms with Crippen LogP contribution in [0.3, 0.4) is 0 Å². The van der Waals surface area contributed by atoms with Gasteiger partial charge in [-0.25, -0.2) is 0 Å². The number of hydrogen-bond acceptors (Lipinski definition) is 4. The molecule has 31 heavy (non-hydrogen) atoms. The smallest absolute Gasteiger partial charge is 0.260 e. The molecule has 6 heteroatoms. The summed E-state index contributed by atoms with van der Waals surface area (Å²) in [7, 11) is 0. The molecule has 162 valence electrons. The number of hydrogen-bond donors (Lipinski definition) is 1. The summed E-state index contributed by atoms with van der Waals surface area (Å²) in [5.74, 6) is -0.735. The number of carbonyl (C=O) groups excluding carboxylic acids is 3. The van der Waals surface area contributed by atoms with Crippen LogP contribution in [0.15, 0.2) is 48.5 Å². The minimum absolute atomic E-state index is 0.104. The number of likely N-dealkylation sites (tertiary alicyclic amines) is 1. The maximum atomic E-state index is 12.6. The molecule has 0 saturated carbocycles. The first kappa shape index (κ1) is 21.2. The average molecular weight is 420 g/mol. The molecule has 3 amide bonds. The zero-order valence-corrected chi connectivity index (χ0v) is 17.8. The van der Waals surface area contributed by atoms with E-state index in [4.69, 9.17) is 0 Å². The lowest BCUT2D eigenvalue weighted by Gasteiger charge is -2.26. The average Bonchev–Trinajstić information content (AvgIpc) is 2.79. The highest BCUT2D eigenvalue weighted by Crippen LogP contribution is 2.19. The van der Waals surface area contributed by atoms with Crippen LogP contribution in [0.5, 0.6) is 0 Å². The predicted octanol–water partition coefficient (Wildman–Crippen LogP) is 2.90. The molecule has 0 spiro atoms. The number of nitrogens with one attached hydrogen (secondary N) is 1. The second-order valence-electron chi connectivity index (χ2n) is 8.36. The van der Waals surface area contributed by atoms with Crippen molar-refractivity contribution in [1.29, 1.82) is 0 Å². The second kappa shape index (κ2) is 9.88. The standard InChI is InChI=1S/C25H29N3O3/c29-23(12-15-28-24(30)16-21-6-2-3-7-22(21)25(28)31)26-17-19-8-10-20(11-9-19)18-27-13-4-1-5-14-27/h2-3,6-11H,1,4-5,12-18H2,(H,26,29). The van der Waals surface area contributed by atoms with Crippen LogP contribution < -0.4 is 5.32 Å². The van der Waals surface area contributed by atoms with Crippen LogP contribution >= 0.6 is 0 Å². The summed E-state index contributed by atoms with van der Waals surface area (Å²) >= 11 is 0. The largest absolute Gasteiger partial charge is 0.352 e. The Hall–Kier alpha value is -2.99. The van der Waals surface area contributed by atoms with Crippen LogP contribution in [0, 0.1) is 0 Å². The first-order valence-corrected chi connectivity index (χ1v) is 11.1. The summed E-state index contributed by atoms with van der Waals surface area (Å²) in [5.41, 5.74) is 3.63. The lowest BCUT2D eigenvalue weighted by molar-refractivity contribution is -0.129. The van der Waals surface area contributed by atoms with E-state index in [1.165, 1.54) is 42.8 Å². The lowest BCUT2D eigenvalue weighted by Crippen LogP contribution is -2.44. The highest BCUT2D eigenvalue weighted by molar-refractivity contribution is 6.09. The molecule has 0 atom stereocenters. The highest BCUT2D eigenvalue weighted by Gasteiger charge is 2.30. The van der Waals surface area contributed by atoms with Crippen molar-refractivity contribution in [3.63, 3.8) is 0 Å². The van der Waals surface area contributed by atoms with Gasteiger partial charge in [0.15, 0.2) is 0 Å². The van der Waals surface area contributed by atoms with Gasteiger partial charge in [-0.3, -0.25) is 24.2 Å². The monoisotopic (exact) mass is 419 g/mol. The SMILES string of the molecule is O=C(CCN1C(=O)Cc2ccccc2C1=O)NCc1ccc(CN2CCCCC2)cc1. The van der Waals surface area contributed by atoms with E-state index in [0.717, 1.165) is 17.7 Å². The number of nitrogens with zero attached hydrogens (tertiary/aromatic N) is 2. The first-order chi connectivity index (χ1) is 15.1.